The molecule has 0 saturated carbocycles. The Morgan fingerprint density at radius 3 is 2.59 bits per heavy atom. The van der Waals surface area contributed by atoms with Crippen LogP contribution in [0.4, 0.5) is 0 Å². The van der Waals surface area contributed by atoms with Gasteiger partial charge in [-0.3, -0.25) is 9.48 Å². The Labute approximate surface area is 103 Å². The van der Waals surface area contributed by atoms with E-state index in [0.29, 0.717) is 6.42 Å². The number of hydrogen-bond acceptors (Lipinski definition) is 3. The number of aromatic nitrogens is 2. The number of carbonyl (C=O) groups excluding carboxylic acids is 1. The SMILES string of the molecule is CCc1cc(CC(=O)C(N)C(C)C)n(CC)n1. The summed E-state index contributed by atoms with van der Waals surface area (Å²) in [5.41, 5.74) is 7.87. The molecule has 17 heavy (non-hydrogen) atoms. The first kappa shape index (κ1) is 13.9. The minimum Gasteiger partial charge on any atom is -0.321 e. The Morgan fingerprint density at radius 2 is 2.12 bits per heavy atom. The smallest absolute Gasteiger partial charge is 0.155 e. The van der Waals surface area contributed by atoms with Crippen molar-refractivity contribution in [3.8, 4) is 0 Å². The Hall–Kier alpha value is -1.16. The number of aryl methyl sites for hydroxylation is 2. The molecule has 4 heteroatoms. The normalized spacial score (nSPS) is 13.1. The van der Waals surface area contributed by atoms with Crippen LogP contribution >= 0.6 is 0 Å². The zero-order chi connectivity index (χ0) is 13.0. The van der Waals surface area contributed by atoms with Crippen molar-refractivity contribution in [3.63, 3.8) is 0 Å². The summed E-state index contributed by atoms with van der Waals surface area (Å²) >= 11 is 0. The second-order valence-corrected chi connectivity index (χ2v) is 4.71. The molecule has 0 spiro atoms. The van der Waals surface area contributed by atoms with E-state index >= 15 is 0 Å². The molecule has 0 bridgehead atoms. The van der Waals surface area contributed by atoms with Gasteiger partial charge in [0.15, 0.2) is 5.78 Å². The quantitative estimate of drug-likeness (QED) is 0.816. The van der Waals surface area contributed by atoms with Crippen LogP contribution in [-0.4, -0.2) is 21.6 Å². The van der Waals surface area contributed by atoms with Gasteiger partial charge < -0.3 is 5.73 Å². The van der Waals surface area contributed by atoms with Crippen molar-refractivity contribution in [2.75, 3.05) is 0 Å². The number of nitrogens with zero attached hydrogens (tertiary/aromatic N) is 2. The van der Waals surface area contributed by atoms with E-state index in [1.165, 1.54) is 0 Å². The third-order valence-electron chi connectivity index (χ3n) is 3.02. The van der Waals surface area contributed by atoms with Crippen LogP contribution in [-0.2, 0) is 24.2 Å². The third kappa shape index (κ3) is 3.40. The summed E-state index contributed by atoms with van der Waals surface area (Å²) in [5.74, 6) is 0.281. The lowest BCUT2D eigenvalue weighted by Crippen LogP contribution is -2.36. The number of nitrogens with two attached hydrogens (primary N) is 1. The predicted octanol–water partition coefficient (Wildman–Crippen LogP) is 1.56. The summed E-state index contributed by atoms with van der Waals surface area (Å²) in [4.78, 5) is 12.0. The van der Waals surface area contributed by atoms with Crippen molar-refractivity contribution < 1.29 is 4.79 Å². The van der Waals surface area contributed by atoms with Crippen molar-refractivity contribution >= 4 is 5.78 Å². The average molecular weight is 237 g/mol. The van der Waals surface area contributed by atoms with Gasteiger partial charge in [0.2, 0.25) is 0 Å². The van der Waals surface area contributed by atoms with Crippen LogP contribution in [0.15, 0.2) is 6.07 Å². The van der Waals surface area contributed by atoms with Crippen molar-refractivity contribution in [2.24, 2.45) is 11.7 Å². The van der Waals surface area contributed by atoms with Crippen molar-refractivity contribution in [1.29, 1.82) is 0 Å². The Morgan fingerprint density at radius 1 is 1.47 bits per heavy atom. The monoisotopic (exact) mass is 237 g/mol. The van der Waals surface area contributed by atoms with E-state index in [2.05, 4.69) is 12.0 Å². The number of rotatable bonds is 6. The summed E-state index contributed by atoms with van der Waals surface area (Å²) in [6.45, 7) is 8.82. The highest BCUT2D eigenvalue weighted by Gasteiger charge is 2.19. The van der Waals surface area contributed by atoms with E-state index in [0.717, 1.165) is 24.4 Å². The third-order valence-corrected chi connectivity index (χ3v) is 3.02. The molecule has 1 atom stereocenters. The van der Waals surface area contributed by atoms with Gasteiger partial charge in [0.1, 0.15) is 0 Å². The largest absolute Gasteiger partial charge is 0.321 e. The van der Waals surface area contributed by atoms with Gasteiger partial charge in [-0.25, -0.2) is 0 Å². The highest BCUT2D eigenvalue weighted by atomic mass is 16.1. The molecule has 0 aliphatic rings. The molecular formula is C13H23N3O. The maximum absolute atomic E-state index is 12.0. The van der Waals surface area contributed by atoms with Gasteiger partial charge in [0, 0.05) is 12.2 Å². The van der Waals surface area contributed by atoms with E-state index < -0.39 is 0 Å². The molecule has 2 N–H and O–H groups in total. The predicted molar refractivity (Wildman–Crippen MR) is 68.8 cm³/mol. The fourth-order valence-corrected chi connectivity index (χ4v) is 1.77. The van der Waals surface area contributed by atoms with Crippen molar-refractivity contribution in [2.45, 2.75) is 53.1 Å². The van der Waals surface area contributed by atoms with Gasteiger partial charge in [0.05, 0.1) is 18.2 Å². The topological polar surface area (TPSA) is 60.9 Å². The minimum atomic E-state index is -0.375. The summed E-state index contributed by atoms with van der Waals surface area (Å²) < 4.78 is 1.89. The molecule has 0 aliphatic carbocycles. The van der Waals surface area contributed by atoms with Crippen LogP contribution in [0.3, 0.4) is 0 Å². The molecule has 0 fully saturated rings. The second kappa shape index (κ2) is 5.96. The zero-order valence-electron chi connectivity index (χ0n) is 11.2. The molecule has 0 saturated heterocycles. The summed E-state index contributed by atoms with van der Waals surface area (Å²) in [6, 6.07) is 1.63. The minimum absolute atomic E-state index is 0.0947. The fourth-order valence-electron chi connectivity index (χ4n) is 1.77. The molecule has 96 valence electrons. The standard InChI is InChI=1S/C13H23N3O/c1-5-10-7-11(16(6-2)15-10)8-12(17)13(14)9(3)4/h7,9,13H,5-6,8,14H2,1-4H3. The van der Waals surface area contributed by atoms with Gasteiger partial charge in [-0.1, -0.05) is 20.8 Å². The van der Waals surface area contributed by atoms with Crippen molar-refractivity contribution in [3.05, 3.63) is 17.5 Å². The first-order chi connectivity index (χ1) is 7.99. The Balaban J connectivity index is 2.80. The van der Waals surface area contributed by atoms with E-state index in [4.69, 9.17) is 5.73 Å². The lowest BCUT2D eigenvalue weighted by Gasteiger charge is -2.14. The summed E-state index contributed by atoms with van der Waals surface area (Å²) in [7, 11) is 0. The lowest BCUT2D eigenvalue weighted by molar-refractivity contribution is -0.120. The molecule has 1 aromatic rings. The molecule has 0 aromatic carbocycles. The van der Waals surface area contributed by atoms with Gasteiger partial charge in [-0.05, 0) is 25.3 Å². The van der Waals surface area contributed by atoms with E-state index in [1.54, 1.807) is 0 Å². The molecule has 0 radical (unpaired) electrons. The summed E-state index contributed by atoms with van der Waals surface area (Å²) in [5, 5.41) is 4.43. The second-order valence-electron chi connectivity index (χ2n) is 4.71. The zero-order valence-corrected chi connectivity index (χ0v) is 11.2. The van der Waals surface area contributed by atoms with E-state index in [1.807, 2.05) is 31.5 Å². The molecule has 1 heterocycles. The van der Waals surface area contributed by atoms with Gasteiger partial charge in [-0.2, -0.15) is 5.10 Å². The van der Waals surface area contributed by atoms with E-state index in [-0.39, 0.29) is 17.7 Å². The van der Waals surface area contributed by atoms with Crippen LogP contribution in [0.25, 0.3) is 0 Å². The van der Waals surface area contributed by atoms with Crippen LogP contribution in [0.5, 0.6) is 0 Å². The van der Waals surface area contributed by atoms with Crippen LogP contribution in [0.1, 0.15) is 39.1 Å². The van der Waals surface area contributed by atoms with Gasteiger partial charge in [-0.15, -0.1) is 0 Å². The first-order valence-corrected chi connectivity index (χ1v) is 6.33. The number of ketones is 1. The molecule has 4 nitrogen and oxygen atoms in total. The number of hydrogen-bond donors (Lipinski definition) is 1. The summed E-state index contributed by atoms with van der Waals surface area (Å²) in [6.07, 6.45) is 1.28. The molecule has 1 unspecified atom stereocenters. The van der Waals surface area contributed by atoms with E-state index in [9.17, 15) is 4.79 Å². The average Bonchev–Trinajstić information content (AvgIpc) is 2.70. The number of Topliss-reactive ketones (excluding diaryl/α,β-unsaturated/α-hetero) is 1. The van der Waals surface area contributed by atoms with Crippen LogP contribution in [0.2, 0.25) is 0 Å². The van der Waals surface area contributed by atoms with Gasteiger partial charge in [0.25, 0.3) is 0 Å². The van der Waals surface area contributed by atoms with Crippen molar-refractivity contribution in [1.82, 2.24) is 9.78 Å². The van der Waals surface area contributed by atoms with Gasteiger partial charge >= 0.3 is 0 Å². The molecule has 1 aromatic heterocycles. The first-order valence-electron chi connectivity index (χ1n) is 6.33. The Kier molecular flexibility index (Phi) is 4.87. The molecule has 0 amide bonds. The molecule has 1 rings (SSSR count). The lowest BCUT2D eigenvalue weighted by atomic mass is 9.98. The Bertz CT molecular complexity index is 382. The van der Waals surface area contributed by atoms with Crippen LogP contribution in [0, 0.1) is 5.92 Å². The van der Waals surface area contributed by atoms with Crippen LogP contribution < -0.4 is 5.73 Å². The highest BCUT2D eigenvalue weighted by molar-refractivity contribution is 5.85. The maximum atomic E-state index is 12.0. The molecule has 0 aliphatic heterocycles. The fraction of sp³-hybridized carbons (Fsp3) is 0.692. The highest BCUT2D eigenvalue weighted by Crippen LogP contribution is 2.09. The maximum Gasteiger partial charge on any atom is 0.155 e. The number of carbonyl (C=O) groups is 1. The molecular weight excluding hydrogens is 214 g/mol.